The molecule has 0 aliphatic rings. The highest BCUT2D eigenvalue weighted by atomic mass is 35.5. The number of rotatable bonds is 7. The summed E-state index contributed by atoms with van der Waals surface area (Å²) in [6.45, 7) is 4.45. The van der Waals surface area contributed by atoms with Gasteiger partial charge in [0.1, 0.15) is 5.75 Å². The number of amides is 1. The highest BCUT2D eigenvalue weighted by Gasteiger charge is 2.21. The van der Waals surface area contributed by atoms with Crippen molar-refractivity contribution in [2.24, 2.45) is 0 Å². The minimum absolute atomic E-state index is 0.128. The van der Waals surface area contributed by atoms with Gasteiger partial charge in [0.25, 0.3) is 0 Å². The Labute approximate surface area is 183 Å². The summed E-state index contributed by atoms with van der Waals surface area (Å²) >= 11 is 13.7. The molecule has 0 aliphatic carbocycles. The van der Waals surface area contributed by atoms with Gasteiger partial charge >= 0.3 is 0 Å². The third-order valence-electron chi connectivity index (χ3n) is 4.21. The van der Waals surface area contributed by atoms with Crippen LogP contribution in [-0.4, -0.2) is 33.0 Å². The van der Waals surface area contributed by atoms with Gasteiger partial charge in [0.2, 0.25) is 5.91 Å². The molecule has 0 radical (unpaired) electrons. The molecular formula is C20H20Cl2N4O2S. The van der Waals surface area contributed by atoms with E-state index >= 15 is 0 Å². The van der Waals surface area contributed by atoms with Crippen LogP contribution < -0.4 is 10.1 Å². The zero-order chi connectivity index (χ0) is 21.0. The third-order valence-corrected chi connectivity index (χ3v) is 5.84. The van der Waals surface area contributed by atoms with Crippen LogP contribution in [0.1, 0.15) is 13.8 Å². The number of carbonyl (C=O) groups excluding carboxylic acids is 1. The lowest BCUT2D eigenvalue weighted by Crippen LogP contribution is -2.22. The van der Waals surface area contributed by atoms with E-state index in [0.29, 0.717) is 33.3 Å². The Balaban J connectivity index is 1.75. The van der Waals surface area contributed by atoms with Crippen LogP contribution in [0.5, 0.6) is 5.75 Å². The molecule has 3 aromatic rings. The average molecular weight is 451 g/mol. The lowest BCUT2D eigenvalue weighted by Gasteiger charge is -2.13. The Morgan fingerprint density at radius 2 is 1.93 bits per heavy atom. The summed E-state index contributed by atoms with van der Waals surface area (Å²) in [7, 11) is 1.60. The summed E-state index contributed by atoms with van der Waals surface area (Å²) in [5, 5.41) is 12.8. The first-order valence-corrected chi connectivity index (χ1v) is 10.6. The fourth-order valence-electron chi connectivity index (χ4n) is 2.66. The molecule has 3 rings (SSSR count). The first-order valence-electron chi connectivity index (χ1n) is 8.93. The third kappa shape index (κ3) is 5.04. The minimum atomic E-state index is -0.375. The molecule has 9 heteroatoms. The van der Waals surface area contributed by atoms with Gasteiger partial charge in [-0.2, -0.15) is 0 Å². The fourth-order valence-corrected chi connectivity index (χ4v) is 4.07. The number of halogens is 2. The summed E-state index contributed by atoms with van der Waals surface area (Å²) < 4.78 is 7.06. The number of anilines is 1. The van der Waals surface area contributed by atoms with Crippen LogP contribution in [0.15, 0.2) is 47.6 Å². The second kappa shape index (κ2) is 9.52. The van der Waals surface area contributed by atoms with E-state index in [4.69, 9.17) is 27.9 Å². The van der Waals surface area contributed by atoms with E-state index < -0.39 is 0 Å². The SMILES string of the molecule is CCn1c(SC(C)C(=O)Nc2ccc(OC)cc2)nnc1-c1ccc(Cl)cc1Cl. The van der Waals surface area contributed by atoms with Crippen molar-refractivity contribution >= 4 is 46.6 Å². The van der Waals surface area contributed by atoms with Gasteiger partial charge in [-0.15, -0.1) is 10.2 Å². The minimum Gasteiger partial charge on any atom is -0.497 e. The van der Waals surface area contributed by atoms with Crippen molar-refractivity contribution in [3.8, 4) is 17.1 Å². The van der Waals surface area contributed by atoms with Crippen LogP contribution in [0.4, 0.5) is 5.69 Å². The summed E-state index contributed by atoms with van der Waals surface area (Å²) in [5.74, 6) is 1.24. The van der Waals surface area contributed by atoms with Crippen LogP contribution in [0.25, 0.3) is 11.4 Å². The maximum Gasteiger partial charge on any atom is 0.237 e. The van der Waals surface area contributed by atoms with Crippen molar-refractivity contribution in [3.05, 3.63) is 52.5 Å². The first-order chi connectivity index (χ1) is 13.9. The molecule has 6 nitrogen and oxygen atoms in total. The van der Waals surface area contributed by atoms with E-state index in [1.807, 2.05) is 24.5 Å². The monoisotopic (exact) mass is 450 g/mol. The van der Waals surface area contributed by atoms with Crippen molar-refractivity contribution < 1.29 is 9.53 Å². The molecule has 0 fully saturated rings. The predicted molar refractivity (Wildman–Crippen MR) is 118 cm³/mol. The molecule has 0 saturated heterocycles. The van der Waals surface area contributed by atoms with Gasteiger partial charge in [-0.1, -0.05) is 35.0 Å². The summed E-state index contributed by atoms with van der Waals surface area (Å²) in [4.78, 5) is 12.6. The second-order valence-electron chi connectivity index (χ2n) is 6.15. The zero-order valence-corrected chi connectivity index (χ0v) is 18.5. The van der Waals surface area contributed by atoms with Gasteiger partial charge in [-0.05, 0) is 56.3 Å². The van der Waals surface area contributed by atoms with E-state index in [1.165, 1.54) is 11.8 Å². The maximum atomic E-state index is 12.6. The maximum absolute atomic E-state index is 12.6. The van der Waals surface area contributed by atoms with Crippen LogP contribution in [0.3, 0.4) is 0 Å². The number of methoxy groups -OCH3 is 1. The van der Waals surface area contributed by atoms with Crippen molar-refractivity contribution in [1.82, 2.24) is 14.8 Å². The Hall–Kier alpha value is -2.22. The smallest absolute Gasteiger partial charge is 0.237 e. The lowest BCUT2D eigenvalue weighted by molar-refractivity contribution is -0.115. The van der Waals surface area contributed by atoms with Crippen LogP contribution in [0.2, 0.25) is 10.0 Å². The van der Waals surface area contributed by atoms with E-state index in [1.54, 1.807) is 43.5 Å². The molecule has 0 saturated carbocycles. The standard InChI is InChI=1S/C20H20Cl2N4O2S/c1-4-26-18(16-10-5-13(21)11-17(16)22)24-25-20(26)29-12(2)19(27)23-14-6-8-15(28-3)9-7-14/h5-12H,4H2,1-3H3,(H,23,27). The van der Waals surface area contributed by atoms with E-state index in [9.17, 15) is 4.79 Å². The molecule has 1 heterocycles. The Kier molecular flexibility index (Phi) is 7.05. The van der Waals surface area contributed by atoms with Crippen molar-refractivity contribution in [2.45, 2.75) is 30.8 Å². The highest BCUT2D eigenvalue weighted by Crippen LogP contribution is 2.32. The second-order valence-corrected chi connectivity index (χ2v) is 8.30. The average Bonchev–Trinajstić information content (AvgIpc) is 3.10. The molecule has 0 spiro atoms. The van der Waals surface area contributed by atoms with Gasteiger partial charge in [0.15, 0.2) is 11.0 Å². The fraction of sp³-hybridized carbons (Fsp3) is 0.250. The number of nitrogens with zero attached hydrogens (tertiary/aromatic N) is 3. The van der Waals surface area contributed by atoms with Gasteiger partial charge in [0.05, 0.1) is 17.4 Å². The molecular weight excluding hydrogens is 431 g/mol. The summed E-state index contributed by atoms with van der Waals surface area (Å²) in [6, 6.07) is 12.4. The first kappa shape index (κ1) is 21.5. The molecule has 1 unspecified atom stereocenters. The Bertz CT molecular complexity index is 1010. The van der Waals surface area contributed by atoms with E-state index in [-0.39, 0.29) is 11.2 Å². The van der Waals surface area contributed by atoms with Crippen LogP contribution in [0, 0.1) is 0 Å². The Morgan fingerprint density at radius 1 is 1.21 bits per heavy atom. The zero-order valence-electron chi connectivity index (χ0n) is 16.1. The number of benzene rings is 2. The molecule has 1 amide bonds. The van der Waals surface area contributed by atoms with Crippen LogP contribution >= 0.6 is 35.0 Å². The van der Waals surface area contributed by atoms with Crippen molar-refractivity contribution in [2.75, 3.05) is 12.4 Å². The quantitative estimate of drug-likeness (QED) is 0.487. The van der Waals surface area contributed by atoms with Crippen molar-refractivity contribution in [1.29, 1.82) is 0 Å². The predicted octanol–water partition coefficient (Wildman–Crippen LogP) is 5.40. The number of ether oxygens (including phenoxy) is 1. The number of aromatic nitrogens is 3. The van der Waals surface area contributed by atoms with Crippen molar-refractivity contribution in [3.63, 3.8) is 0 Å². The normalized spacial score (nSPS) is 11.9. The molecule has 1 atom stereocenters. The topological polar surface area (TPSA) is 69.0 Å². The number of hydrogen-bond donors (Lipinski definition) is 1. The molecule has 1 N–H and O–H groups in total. The largest absolute Gasteiger partial charge is 0.497 e. The molecule has 1 aromatic heterocycles. The van der Waals surface area contributed by atoms with Gasteiger partial charge in [0, 0.05) is 22.8 Å². The van der Waals surface area contributed by atoms with Crippen LogP contribution in [-0.2, 0) is 11.3 Å². The van der Waals surface area contributed by atoms with E-state index in [2.05, 4.69) is 15.5 Å². The molecule has 152 valence electrons. The molecule has 29 heavy (non-hydrogen) atoms. The number of carbonyl (C=O) groups is 1. The van der Waals surface area contributed by atoms with E-state index in [0.717, 1.165) is 11.3 Å². The summed E-state index contributed by atoms with van der Waals surface area (Å²) in [5.41, 5.74) is 1.45. The van der Waals surface area contributed by atoms with Gasteiger partial charge in [-0.25, -0.2) is 0 Å². The Morgan fingerprint density at radius 3 is 2.55 bits per heavy atom. The lowest BCUT2D eigenvalue weighted by atomic mass is 10.2. The highest BCUT2D eigenvalue weighted by molar-refractivity contribution is 8.00. The molecule has 2 aromatic carbocycles. The number of hydrogen-bond acceptors (Lipinski definition) is 5. The number of thioether (sulfide) groups is 1. The number of nitrogens with one attached hydrogen (secondary N) is 1. The van der Waals surface area contributed by atoms with Gasteiger partial charge < -0.3 is 14.6 Å². The molecule has 0 bridgehead atoms. The summed E-state index contributed by atoms with van der Waals surface area (Å²) in [6.07, 6.45) is 0. The molecule has 0 aliphatic heterocycles. The van der Waals surface area contributed by atoms with Gasteiger partial charge in [-0.3, -0.25) is 4.79 Å².